The molecule has 1 amide bonds. The summed E-state index contributed by atoms with van der Waals surface area (Å²) in [5.41, 5.74) is 0.933. The molecule has 1 N–H and O–H groups in total. The van der Waals surface area contributed by atoms with Crippen LogP contribution in [0.3, 0.4) is 0 Å². The van der Waals surface area contributed by atoms with E-state index >= 15 is 0 Å². The highest BCUT2D eigenvalue weighted by Gasteiger charge is 2.24. The monoisotopic (exact) mass is 368 g/mol. The molecule has 2 rings (SSSR count). The molecule has 7 nitrogen and oxygen atoms in total. The van der Waals surface area contributed by atoms with Crippen molar-refractivity contribution in [2.45, 2.75) is 44.0 Å². The minimum Gasteiger partial charge on any atom is -0.454 e. The summed E-state index contributed by atoms with van der Waals surface area (Å²) < 4.78 is 31.7. The van der Waals surface area contributed by atoms with Gasteiger partial charge in [0.25, 0.3) is 5.91 Å². The second kappa shape index (κ2) is 8.44. The van der Waals surface area contributed by atoms with Gasteiger partial charge >= 0.3 is 5.97 Å². The van der Waals surface area contributed by atoms with Crippen molar-refractivity contribution < 1.29 is 22.7 Å². The Hall–Kier alpha value is -1.93. The Morgan fingerprint density at radius 1 is 1.16 bits per heavy atom. The predicted octanol–water partition coefficient (Wildman–Crippen LogP) is 1.22. The van der Waals surface area contributed by atoms with E-state index in [-0.39, 0.29) is 17.4 Å². The Bertz CT molecular complexity index is 709. The largest absolute Gasteiger partial charge is 0.454 e. The summed E-state index contributed by atoms with van der Waals surface area (Å²) in [6, 6.07) is 5.20. The summed E-state index contributed by atoms with van der Waals surface area (Å²) in [6.45, 7) is 4.22. The van der Waals surface area contributed by atoms with E-state index in [0.29, 0.717) is 13.1 Å². The number of esters is 1. The van der Waals surface area contributed by atoms with Gasteiger partial charge in [-0.3, -0.25) is 9.59 Å². The summed E-state index contributed by atoms with van der Waals surface area (Å²) in [4.78, 5) is 25.7. The summed E-state index contributed by atoms with van der Waals surface area (Å²) >= 11 is 0. The van der Waals surface area contributed by atoms with Gasteiger partial charge in [-0.1, -0.05) is 17.7 Å². The third-order valence-corrected chi connectivity index (χ3v) is 5.62. The Morgan fingerprint density at radius 2 is 1.76 bits per heavy atom. The first-order valence-corrected chi connectivity index (χ1v) is 9.81. The zero-order valence-corrected chi connectivity index (χ0v) is 15.3. The Morgan fingerprint density at radius 3 is 2.36 bits per heavy atom. The molecular formula is C17H24N2O5S. The first-order valence-electron chi connectivity index (χ1n) is 8.33. The van der Waals surface area contributed by atoms with Gasteiger partial charge < -0.3 is 9.64 Å². The average Bonchev–Trinajstić information content (AvgIpc) is 2.60. The van der Waals surface area contributed by atoms with Crippen molar-refractivity contribution >= 4 is 21.9 Å². The summed E-state index contributed by atoms with van der Waals surface area (Å²) in [5, 5.41) is 0. The number of amides is 1. The topological polar surface area (TPSA) is 92.8 Å². The van der Waals surface area contributed by atoms with Crippen molar-refractivity contribution in [3.63, 3.8) is 0 Å². The van der Waals surface area contributed by atoms with E-state index in [2.05, 4.69) is 4.72 Å². The van der Waals surface area contributed by atoms with Gasteiger partial charge in [-0.05, 0) is 45.2 Å². The Kier molecular flexibility index (Phi) is 6.55. The van der Waals surface area contributed by atoms with Gasteiger partial charge in [0.05, 0.1) is 4.90 Å². The van der Waals surface area contributed by atoms with Crippen molar-refractivity contribution in [1.29, 1.82) is 0 Å². The van der Waals surface area contributed by atoms with Crippen LogP contribution in [-0.2, 0) is 24.3 Å². The number of ether oxygens (including phenoxy) is 1. The quantitative estimate of drug-likeness (QED) is 0.762. The molecule has 1 fully saturated rings. The number of rotatable bonds is 6. The first-order chi connectivity index (χ1) is 11.8. The van der Waals surface area contributed by atoms with Gasteiger partial charge in [0, 0.05) is 13.1 Å². The van der Waals surface area contributed by atoms with Crippen molar-refractivity contribution in [2.75, 3.05) is 19.7 Å². The zero-order chi connectivity index (χ0) is 18.4. The van der Waals surface area contributed by atoms with E-state index in [4.69, 9.17) is 4.74 Å². The van der Waals surface area contributed by atoms with Gasteiger partial charge in [0.1, 0.15) is 6.04 Å². The van der Waals surface area contributed by atoms with Crippen molar-refractivity contribution in [3.8, 4) is 0 Å². The van der Waals surface area contributed by atoms with Crippen LogP contribution in [0, 0.1) is 6.92 Å². The number of nitrogens with one attached hydrogen (secondary N) is 1. The molecule has 1 aromatic carbocycles. The highest BCUT2D eigenvalue weighted by Crippen LogP contribution is 2.11. The number of carbonyl (C=O) groups excluding carboxylic acids is 2. The maximum Gasteiger partial charge on any atom is 0.324 e. The molecular weight excluding hydrogens is 344 g/mol. The minimum atomic E-state index is -3.83. The fraction of sp³-hybridized carbons (Fsp3) is 0.529. The van der Waals surface area contributed by atoms with Gasteiger partial charge in [0.2, 0.25) is 10.0 Å². The Labute approximate surface area is 148 Å². The van der Waals surface area contributed by atoms with Crippen molar-refractivity contribution in [3.05, 3.63) is 29.8 Å². The smallest absolute Gasteiger partial charge is 0.324 e. The van der Waals surface area contributed by atoms with Gasteiger partial charge in [-0.25, -0.2) is 8.42 Å². The number of aryl methyl sites for hydroxylation is 1. The molecule has 8 heteroatoms. The van der Waals surface area contributed by atoms with Crippen molar-refractivity contribution in [2.24, 2.45) is 0 Å². The molecule has 0 radical (unpaired) electrons. The number of hydrogen-bond acceptors (Lipinski definition) is 5. The number of nitrogens with zero attached hydrogens (tertiary/aromatic N) is 1. The SMILES string of the molecule is Cc1ccc(S(=O)(=O)N[C@@H](C)C(=O)OCC(=O)N2CCCCC2)cc1. The lowest BCUT2D eigenvalue weighted by Gasteiger charge is -2.26. The molecule has 0 aromatic heterocycles. The van der Waals surface area contributed by atoms with Crippen LogP contribution in [0.5, 0.6) is 0 Å². The highest BCUT2D eigenvalue weighted by molar-refractivity contribution is 7.89. The molecule has 1 aliphatic heterocycles. The minimum absolute atomic E-state index is 0.0714. The number of likely N-dealkylation sites (tertiary alicyclic amines) is 1. The molecule has 1 aliphatic rings. The zero-order valence-electron chi connectivity index (χ0n) is 14.5. The van der Waals surface area contributed by atoms with E-state index < -0.39 is 22.0 Å². The summed E-state index contributed by atoms with van der Waals surface area (Å²) in [5.74, 6) is -1.03. The van der Waals surface area contributed by atoms with Gasteiger partial charge in [0.15, 0.2) is 6.61 Å². The molecule has 0 unspecified atom stereocenters. The molecule has 1 heterocycles. The third-order valence-electron chi connectivity index (χ3n) is 4.06. The van der Waals surface area contributed by atoms with Crippen LogP contribution in [0.4, 0.5) is 0 Å². The molecule has 0 saturated carbocycles. The van der Waals surface area contributed by atoms with E-state index in [0.717, 1.165) is 24.8 Å². The Balaban J connectivity index is 1.86. The molecule has 0 aliphatic carbocycles. The normalized spacial score (nSPS) is 16.3. The van der Waals surface area contributed by atoms with Crippen LogP contribution in [0.15, 0.2) is 29.2 Å². The van der Waals surface area contributed by atoms with E-state index in [9.17, 15) is 18.0 Å². The average molecular weight is 368 g/mol. The number of benzene rings is 1. The number of carbonyl (C=O) groups is 2. The molecule has 138 valence electrons. The van der Waals surface area contributed by atoms with Crippen LogP contribution in [-0.4, -0.2) is 50.9 Å². The van der Waals surface area contributed by atoms with Crippen LogP contribution >= 0.6 is 0 Å². The summed E-state index contributed by atoms with van der Waals surface area (Å²) in [6.07, 6.45) is 3.00. The molecule has 1 aromatic rings. The van der Waals surface area contributed by atoms with Crippen LogP contribution in [0.25, 0.3) is 0 Å². The first kappa shape index (κ1) is 19.4. The molecule has 0 bridgehead atoms. The maximum absolute atomic E-state index is 12.2. The van der Waals surface area contributed by atoms with E-state index in [1.165, 1.54) is 19.1 Å². The lowest BCUT2D eigenvalue weighted by Crippen LogP contribution is -2.42. The molecule has 0 spiro atoms. The second-order valence-electron chi connectivity index (χ2n) is 6.21. The summed E-state index contributed by atoms with van der Waals surface area (Å²) in [7, 11) is -3.83. The van der Waals surface area contributed by atoms with E-state index in [1.807, 2.05) is 6.92 Å². The van der Waals surface area contributed by atoms with Crippen LogP contribution in [0.1, 0.15) is 31.7 Å². The lowest BCUT2D eigenvalue weighted by molar-refractivity contribution is -0.153. The predicted molar refractivity (Wildman–Crippen MR) is 92.4 cm³/mol. The molecule has 1 atom stereocenters. The third kappa shape index (κ3) is 5.54. The molecule has 1 saturated heterocycles. The second-order valence-corrected chi connectivity index (χ2v) is 7.92. The van der Waals surface area contributed by atoms with Gasteiger partial charge in [-0.15, -0.1) is 0 Å². The number of sulfonamides is 1. The van der Waals surface area contributed by atoms with Gasteiger partial charge in [-0.2, -0.15) is 4.72 Å². The highest BCUT2D eigenvalue weighted by atomic mass is 32.2. The fourth-order valence-corrected chi connectivity index (χ4v) is 3.75. The van der Waals surface area contributed by atoms with Crippen LogP contribution < -0.4 is 4.72 Å². The maximum atomic E-state index is 12.2. The number of piperidine rings is 1. The standard InChI is InChI=1S/C17H24N2O5S/c1-13-6-8-15(9-7-13)25(22,23)18-14(2)17(21)24-12-16(20)19-10-4-3-5-11-19/h6-9,14,18H,3-5,10-12H2,1-2H3/t14-/m0/s1. The molecule has 25 heavy (non-hydrogen) atoms. The van der Waals surface area contributed by atoms with E-state index in [1.54, 1.807) is 17.0 Å². The van der Waals surface area contributed by atoms with Crippen LogP contribution in [0.2, 0.25) is 0 Å². The number of hydrogen-bond donors (Lipinski definition) is 1. The lowest BCUT2D eigenvalue weighted by atomic mass is 10.1. The van der Waals surface area contributed by atoms with Crippen molar-refractivity contribution in [1.82, 2.24) is 9.62 Å². The fourth-order valence-electron chi connectivity index (χ4n) is 2.56.